The molecule has 0 aliphatic carbocycles. The molecular formula is C11H19N3O3S. The summed E-state index contributed by atoms with van der Waals surface area (Å²) in [6.45, 7) is 0.904. The molecule has 1 aliphatic rings. The molecule has 0 aromatic carbocycles. The number of rotatable bonds is 5. The zero-order valence-corrected chi connectivity index (χ0v) is 11.4. The van der Waals surface area contributed by atoms with Gasteiger partial charge in [0.25, 0.3) is 0 Å². The maximum absolute atomic E-state index is 11.6. The summed E-state index contributed by atoms with van der Waals surface area (Å²) in [6, 6.07) is 0. The Morgan fingerprint density at radius 2 is 2.33 bits per heavy atom. The van der Waals surface area contributed by atoms with Crippen molar-refractivity contribution in [2.24, 2.45) is 0 Å². The first-order valence-corrected chi connectivity index (χ1v) is 8.10. The minimum Gasteiger partial charge on any atom is -0.339 e. The van der Waals surface area contributed by atoms with E-state index in [-0.39, 0.29) is 17.4 Å². The van der Waals surface area contributed by atoms with Gasteiger partial charge in [0.05, 0.1) is 17.4 Å². The van der Waals surface area contributed by atoms with Crippen LogP contribution in [0.15, 0.2) is 4.52 Å². The van der Waals surface area contributed by atoms with Crippen LogP contribution in [-0.4, -0.2) is 43.7 Å². The topological polar surface area (TPSA) is 85.1 Å². The summed E-state index contributed by atoms with van der Waals surface area (Å²) < 4.78 is 28.3. The lowest BCUT2D eigenvalue weighted by Gasteiger charge is -2.17. The van der Waals surface area contributed by atoms with Crippen LogP contribution in [0.5, 0.6) is 0 Å². The molecule has 6 nitrogen and oxygen atoms in total. The van der Waals surface area contributed by atoms with Crippen LogP contribution in [0.4, 0.5) is 0 Å². The van der Waals surface area contributed by atoms with Gasteiger partial charge in [-0.15, -0.1) is 0 Å². The summed E-state index contributed by atoms with van der Waals surface area (Å²) >= 11 is 0. The van der Waals surface area contributed by atoms with E-state index in [1.807, 2.05) is 7.05 Å². The van der Waals surface area contributed by atoms with Gasteiger partial charge in [-0.3, -0.25) is 0 Å². The zero-order valence-electron chi connectivity index (χ0n) is 10.6. The standard InChI is InChI=1S/C11H19N3O3S/c1-12-6-2-5-10-13-11(17-14-10)9-4-3-7-18(15,16)8-9/h9,12H,2-8H2,1H3. The summed E-state index contributed by atoms with van der Waals surface area (Å²) in [6.07, 6.45) is 3.20. The molecule has 0 amide bonds. The second kappa shape index (κ2) is 5.79. The minimum atomic E-state index is -2.93. The van der Waals surface area contributed by atoms with E-state index in [1.54, 1.807) is 0 Å². The second-order valence-corrected chi connectivity index (χ2v) is 6.94. The van der Waals surface area contributed by atoms with Gasteiger partial charge in [0, 0.05) is 6.42 Å². The lowest BCUT2D eigenvalue weighted by molar-refractivity contribution is 0.346. The Morgan fingerprint density at radius 3 is 3.06 bits per heavy atom. The number of sulfone groups is 1. The molecule has 7 heteroatoms. The molecule has 1 saturated heterocycles. The smallest absolute Gasteiger partial charge is 0.230 e. The van der Waals surface area contributed by atoms with Gasteiger partial charge >= 0.3 is 0 Å². The first kappa shape index (κ1) is 13.5. The van der Waals surface area contributed by atoms with E-state index in [4.69, 9.17) is 4.52 Å². The monoisotopic (exact) mass is 273 g/mol. The van der Waals surface area contributed by atoms with Gasteiger partial charge < -0.3 is 9.84 Å². The van der Waals surface area contributed by atoms with Crippen LogP contribution in [0.25, 0.3) is 0 Å². The highest BCUT2D eigenvalue weighted by Crippen LogP contribution is 2.27. The molecule has 1 fully saturated rings. The Kier molecular flexibility index (Phi) is 4.34. The van der Waals surface area contributed by atoms with Crippen LogP contribution in [0.3, 0.4) is 0 Å². The fraction of sp³-hybridized carbons (Fsp3) is 0.818. The van der Waals surface area contributed by atoms with E-state index in [1.165, 1.54) is 0 Å². The van der Waals surface area contributed by atoms with E-state index < -0.39 is 9.84 Å². The Hall–Kier alpha value is -0.950. The zero-order chi connectivity index (χ0) is 13.0. The molecule has 0 spiro atoms. The van der Waals surface area contributed by atoms with Gasteiger partial charge in [0.1, 0.15) is 0 Å². The molecule has 102 valence electrons. The molecule has 0 saturated carbocycles. The molecule has 1 N–H and O–H groups in total. The van der Waals surface area contributed by atoms with Gasteiger partial charge in [-0.25, -0.2) is 8.42 Å². The number of hydrogen-bond donors (Lipinski definition) is 1. The molecule has 1 atom stereocenters. The van der Waals surface area contributed by atoms with Crippen LogP contribution in [0.2, 0.25) is 0 Å². The number of nitrogens with one attached hydrogen (secondary N) is 1. The normalized spacial score (nSPS) is 23.1. The van der Waals surface area contributed by atoms with Gasteiger partial charge in [0.15, 0.2) is 15.7 Å². The summed E-state index contributed by atoms with van der Waals surface area (Å²) in [7, 11) is -1.03. The molecular weight excluding hydrogens is 254 g/mol. The van der Waals surface area contributed by atoms with Gasteiger partial charge in [-0.05, 0) is 32.9 Å². The highest BCUT2D eigenvalue weighted by Gasteiger charge is 2.29. The molecule has 2 rings (SSSR count). The Morgan fingerprint density at radius 1 is 1.50 bits per heavy atom. The molecule has 18 heavy (non-hydrogen) atoms. The Labute approximate surface area is 107 Å². The van der Waals surface area contributed by atoms with Crippen molar-refractivity contribution in [3.63, 3.8) is 0 Å². The highest BCUT2D eigenvalue weighted by atomic mass is 32.2. The SMILES string of the molecule is CNCCCc1noc(C2CCCS(=O)(=O)C2)n1. The Balaban J connectivity index is 1.97. The van der Waals surface area contributed by atoms with Gasteiger partial charge in [-0.2, -0.15) is 4.98 Å². The number of aryl methyl sites for hydroxylation is 1. The lowest BCUT2D eigenvalue weighted by Crippen LogP contribution is -2.23. The summed E-state index contributed by atoms with van der Waals surface area (Å²) in [5, 5.41) is 6.96. The molecule has 1 unspecified atom stereocenters. The summed E-state index contributed by atoms with van der Waals surface area (Å²) in [5.41, 5.74) is 0. The van der Waals surface area contributed by atoms with Crippen LogP contribution < -0.4 is 5.32 Å². The molecule has 1 aliphatic heterocycles. The summed E-state index contributed by atoms with van der Waals surface area (Å²) in [5.74, 6) is 1.47. The first-order chi connectivity index (χ1) is 8.61. The maximum Gasteiger partial charge on any atom is 0.230 e. The average Bonchev–Trinajstić information content (AvgIpc) is 2.77. The minimum absolute atomic E-state index is 0.116. The van der Waals surface area contributed by atoms with Crippen molar-refractivity contribution in [1.82, 2.24) is 15.5 Å². The summed E-state index contributed by atoms with van der Waals surface area (Å²) in [4.78, 5) is 4.30. The quantitative estimate of drug-likeness (QED) is 0.787. The van der Waals surface area contributed by atoms with Crippen LogP contribution in [0, 0.1) is 0 Å². The second-order valence-electron chi connectivity index (χ2n) is 4.71. The first-order valence-electron chi connectivity index (χ1n) is 6.28. The third-order valence-electron chi connectivity index (χ3n) is 3.12. The van der Waals surface area contributed by atoms with Gasteiger partial charge in [-0.1, -0.05) is 5.16 Å². The average molecular weight is 273 g/mol. The highest BCUT2D eigenvalue weighted by molar-refractivity contribution is 7.91. The maximum atomic E-state index is 11.6. The van der Waals surface area contributed by atoms with Gasteiger partial charge in [0.2, 0.25) is 5.89 Å². The fourth-order valence-electron chi connectivity index (χ4n) is 2.18. The van der Waals surface area contributed by atoms with Crippen LogP contribution in [0.1, 0.15) is 36.9 Å². The predicted octanol–water partition coefficient (Wildman–Crippen LogP) is 0.514. The van der Waals surface area contributed by atoms with Crippen molar-refractivity contribution in [1.29, 1.82) is 0 Å². The molecule has 1 aromatic heterocycles. The van der Waals surface area contributed by atoms with Crippen molar-refractivity contribution in [2.45, 2.75) is 31.6 Å². The largest absolute Gasteiger partial charge is 0.339 e. The molecule has 1 aromatic rings. The van der Waals surface area contributed by atoms with Crippen LogP contribution >= 0.6 is 0 Å². The number of hydrogen-bond acceptors (Lipinski definition) is 6. The van der Waals surface area contributed by atoms with Crippen molar-refractivity contribution in [3.05, 3.63) is 11.7 Å². The van der Waals surface area contributed by atoms with Crippen molar-refractivity contribution < 1.29 is 12.9 Å². The number of nitrogens with zero attached hydrogens (tertiary/aromatic N) is 2. The van der Waals surface area contributed by atoms with Crippen molar-refractivity contribution >= 4 is 9.84 Å². The van der Waals surface area contributed by atoms with E-state index >= 15 is 0 Å². The predicted molar refractivity (Wildman–Crippen MR) is 67.2 cm³/mol. The van der Waals surface area contributed by atoms with E-state index in [0.717, 1.165) is 25.8 Å². The Bertz CT molecular complexity index is 483. The van der Waals surface area contributed by atoms with Crippen LogP contribution in [-0.2, 0) is 16.3 Å². The van der Waals surface area contributed by atoms with Crippen molar-refractivity contribution in [3.8, 4) is 0 Å². The van der Waals surface area contributed by atoms with E-state index in [0.29, 0.717) is 18.1 Å². The van der Waals surface area contributed by atoms with E-state index in [2.05, 4.69) is 15.5 Å². The van der Waals surface area contributed by atoms with E-state index in [9.17, 15) is 8.42 Å². The molecule has 0 radical (unpaired) electrons. The third kappa shape index (κ3) is 3.52. The third-order valence-corrected chi connectivity index (χ3v) is 4.94. The fourth-order valence-corrected chi connectivity index (χ4v) is 3.87. The lowest BCUT2D eigenvalue weighted by atomic mass is 10.1. The molecule has 0 bridgehead atoms. The number of aromatic nitrogens is 2. The molecule has 2 heterocycles. The van der Waals surface area contributed by atoms with Crippen molar-refractivity contribution in [2.75, 3.05) is 25.1 Å².